The topological polar surface area (TPSA) is 35.2 Å². The Kier molecular flexibility index (Phi) is 3.20. The van der Waals surface area contributed by atoms with Crippen LogP contribution in [0.1, 0.15) is 25.7 Å². The van der Waals surface area contributed by atoms with Crippen LogP contribution in [0, 0.1) is 0 Å². The standard InChI is InChI=1S/C16H19NO/c17-13-7-4-8-14(11-13)18-16-10-3-6-12-5-1-2-9-15(12)16/h1-3,5-6,9-10,13-14H,4,7-8,11,17H2. The molecule has 2 unspecified atom stereocenters. The molecule has 2 heteroatoms. The Morgan fingerprint density at radius 2 is 1.83 bits per heavy atom. The first-order valence-corrected chi connectivity index (χ1v) is 6.73. The van der Waals surface area contributed by atoms with Crippen molar-refractivity contribution in [3.05, 3.63) is 42.5 Å². The summed E-state index contributed by atoms with van der Waals surface area (Å²) in [6, 6.07) is 14.9. The van der Waals surface area contributed by atoms with E-state index in [1.54, 1.807) is 0 Å². The molecule has 0 heterocycles. The third kappa shape index (κ3) is 2.34. The summed E-state index contributed by atoms with van der Waals surface area (Å²) in [4.78, 5) is 0. The van der Waals surface area contributed by atoms with Crippen molar-refractivity contribution in [1.82, 2.24) is 0 Å². The molecule has 1 saturated carbocycles. The van der Waals surface area contributed by atoms with Gasteiger partial charge in [-0.3, -0.25) is 0 Å². The van der Waals surface area contributed by atoms with E-state index in [1.807, 2.05) is 0 Å². The molecule has 0 radical (unpaired) electrons. The zero-order valence-corrected chi connectivity index (χ0v) is 10.5. The Balaban J connectivity index is 1.86. The van der Waals surface area contributed by atoms with E-state index >= 15 is 0 Å². The van der Waals surface area contributed by atoms with Gasteiger partial charge in [0.25, 0.3) is 0 Å². The van der Waals surface area contributed by atoms with Crippen molar-refractivity contribution < 1.29 is 4.74 Å². The normalized spacial score (nSPS) is 24.1. The van der Waals surface area contributed by atoms with E-state index in [0.717, 1.165) is 25.0 Å². The predicted molar refractivity (Wildman–Crippen MR) is 74.8 cm³/mol. The van der Waals surface area contributed by atoms with Gasteiger partial charge < -0.3 is 10.5 Å². The van der Waals surface area contributed by atoms with Gasteiger partial charge in [0.1, 0.15) is 11.9 Å². The number of ether oxygens (including phenoxy) is 1. The Labute approximate surface area is 108 Å². The summed E-state index contributed by atoms with van der Waals surface area (Å²) in [6.07, 6.45) is 4.69. The lowest BCUT2D eigenvalue weighted by Crippen LogP contribution is -2.33. The second-order valence-corrected chi connectivity index (χ2v) is 5.14. The molecule has 94 valence electrons. The molecular formula is C16H19NO. The molecule has 2 nitrogen and oxygen atoms in total. The van der Waals surface area contributed by atoms with E-state index in [1.165, 1.54) is 17.2 Å². The summed E-state index contributed by atoms with van der Waals surface area (Å²) in [5.74, 6) is 0.993. The third-order valence-corrected chi connectivity index (χ3v) is 3.71. The Bertz CT molecular complexity index is 532. The zero-order chi connectivity index (χ0) is 12.4. The van der Waals surface area contributed by atoms with Gasteiger partial charge >= 0.3 is 0 Å². The molecule has 0 saturated heterocycles. The molecule has 1 aliphatic carbocycles. The van der Waals surface area contributed by atoms with Gasteiger partial charge in [0.15, 0.2) is 0 Å². The Hall–Kier alpha value is -1.54. The maximum absolute atomic E-state index is 6.16. The fraction of sp³-hybridized carbons (Fsp3) is 0.375. The maximum atomic E-state index is 6.16. The largest absolute Gasteiger partial charge is 0.490 e. The highest BCUT2D eigenvalue weighted by molar-refractivity contribution is 5.88. The van der Waals surface area contributed by atoms with E-state index in [4.69, 9.17) is 10.5 Å². The molecule has 0 bridgehead atoms. The first-order chi connectivity index (χ1) is 8.83. The molecular weight excluding hydrogens is 222 g/mol. The second kappa shape index (κ2) is 4.99. The zero-order valence-electron chi connectivity index (χ0n) is 10.5. The lowest BCUT2D eigenvalue weighted by atomic mass is 9.93. The fourth-order valence-electron chi connectivity index (χ4n) is 2.77. The third-order valence-electron chi connectivity index (χ3n) is 3.71. The molecule has 0 amide bonds. The number of nitrogens with two attached hydrogens (primary N) is 1. The van der Waals surface area contributed by atoms with Gasteiger partial charge in [0, 0.05) is 11.4 Å². The van der Waals surface area contributed by atoms with Crippen LogP contribution in [0.4, 0.5) is 0 Å². The summed E-state index contributed by atoms with van der Waals surface area (Å²) >= 11 is 0. The molecule has 2 aromatic carbocycles. The Morgan fingerprint density at radius 3 is 2.72 bits per heavy atom. The van der Waals surface area contributed by atoms with Crippen LogP contribution >= 0.6 is 0 Å². The van der Waals surface area contributed by atoms with Crippen LogP contribution < -0.4 is 10.5 Å². The summed E-state index contributed by atoms with van der Waals surface area (Å²) < 4.78 is 6.16. The first kappa shape index (κ1) is 11.5. The van der Waals surface area contributed by atoms with Crippen molar-refractivity contribution in [2.75, 3.05) is 0 Å². The smallest absolute Gasteiger partial charge is 0.127 e. The number of hydrogen-bond acceptors (Lipinski definition) is 2. The number of fused-ring (bicyclic) bond motifs is 1. The summed E-state index contributed by atoms with van der Waals surface area (Å²) in [5.41, 5.74) is 6.01. The lowest BCUT2D eigenvalue weighted by molar-refractivity contribution is 0.146. The van der Waals surface area contributed by atoms with Gasteiger partial charge in [-0.2, -0.15) is 0 Å². The monoisotopic (exact) mass is 241 g/mol. The van der Waals surface area contributed by atoms with E-state index in [2.05, 4.69) is 42.5 Å². The average Bonchev–Trinajstić information content (AvgIpc) is 2.39. The highest BCUT2D eigenvalue weighted by atomic mass is 16.5. The molecule has 3 rings (SSSR count). The number of benzene rings is 2. The van der Waals surface area contributed by atoms with Crippen molar-refractivity contribution in [2.24, 2.45) is 5.73 Å². The SMILES string of the molecule is NC1CCCC(Oc2cccc3ccccc23)C1. The van der Waals surface area contributed by atoms with E-state index in [-0.39, 0.29) is 6.10 Å². The van der Waals surface area contributed by atoms with Crippen LogP contribution in [0.3, 0.4) is 0 Å². The number of rotatable bonds is 2. The molecule has 0 aromatic heterocycles. The average molecular weight is 241 g/mol. The summed E-state index contributed by atoms with van der Waals surface area (Å²) in [7, 11) is 0. The number of hydrogen-bond donors (Lipinski definition) is 1. The van der Waals surface area contributed by atoms with Crippen LogP contribution in [0.25, 0.3) is 10.8 Å². The Morgan fingerprint density at radius 1 is 1.00 bits per heavy atom. The van der Waals surface area contributed by atoms with Crippen molar-refractivity contribution in [3.8, 4) is 5.75 Å². The minimum Gasteiger partial charge on any atom is -0.490 e. The lowest BCUT2D eigenvalue weighted by Gasteiger charge is -2.27. The molecule has 1 fully saturated rings. The summed E-state index contributed by atoms with van der Waals surface area (Å²) in [6.45, 7) is 0. The predicted octanol–water partition coefficient (Wildman–Crippen LogP) is 3.49. The summed E-state index contributed by atoms with van der Waals surface area (Å²) in [5, 5.41) is 2.43. The van der Waals surface area contributed by atoms with E-state index in [0.29, 0.717) is 6.04 Å². The van der Waals surface area contributed by atoms with Crippen molar-refractivity contribution in [2.45, 2.75) is 37.8 Å². The van der Waals surface area contributed by atoms with Gasteiger partial charge in [0.05, 0.1) is 0 Å². The van der Waals surface area contributed by atoms with Crippen LogP contribution in [-0.4, -0.2) is 12.1 Å². The first-order valence-electron chi connectivity index (χ1n) is 6.73. The molecule has 18 heavy (non-hydrogen) atoms. The van der Waals surface area contributed by atoms with Gasteiger partial charge in [-0.25, -0.2) is 0 Å². The minimum absolute atomic E-state index is 0.277. The van der Waals surface area contributed by atoms with E-state index < -0.39 is 0 Å². The van der Waals surface area contributed by atoms with Crippen LogP contribution in [0.15, 0.2) is 42.5 Å². The fourth-order valence-corrected chi connectivity index (χ4v) is 2.77. The van der Waals surface area contributed by atoms with Crippen LogP contribution in [0.2, 0.25) is 0 Å². The van der Waals surface area contributed by atoms with Crippen LogP contribution in [-0.2, 0) is 0 Å². The van der Waals surface area contributed by atoms with Crippen LogP contribution in [0.5, 0.6) is 5.75 Å². The van der Waals surface area contributed by atoms with Gasteiger partial charge in [-0.1, -0.05) is 36.4 Å². The molecule has 2 aromatic rings. The van der Waals surface area contributed by atoms with Crippen molar-refractivity contribution in [3.63, 3.8) is 0 Å². The highest BCUT2D eigenvalue weighted by Gasteiger charge is 2.21. The second-order valence-electron chi connectivity index (χ2n) is 5.14. The molecule has 0 spiro atoms. The van der Waals surface area contributed by atoms with E-state index in [9.17, 15) is 0 Å². The molecule has 2 N–H and O–H groups in total. The van der Waals surface area contributed by atoms with Gasteiger partial charge in [-0.05, 0) is 37.1 Å². The molecule has 0 aliphatic heterocycles. The van der Waals surface area contributed by atoms with Crippen molar-refractivity contribution in [1.29, 1.82) is 0 Å². The minimum atomic E-state index is 0.277. The molecule has 2 atom stereocenters. The highest BCUT2D eigenvalue weighted by Crippen LogP contribution is 2.29. The van der Waals surface area contributed by atoms with Crippen molar-refractivity contribution >= 4 is 10.8 Å². The quantitative estimate of drug-likeness (QED) is 0.873. The molecule has 1 aliphatic rings. The van der Waals surface area contributed by atoms with Gasteiger partial charge in [-0.15, -0.1) is 0 Å². The van der Waals surface area contributed by atoms with Gasteiger partial charge in [0.2, 0.25) is 0 Å². The maximum Gasteiger partial charge on any atom is 0.127 e.